The molecule has 0 unspecified atom stereocenters. The monoisotopic (exact) mass is 810 g/mol. The number of hydrogen-bond acceptors (Lipinski definition) is 8. The first kappa shape index (κ1) is 39.5. The fourth-order valence-corrected chi connectivity index (χ4v) is 8.35. The molecule has 1 spiro atoms. The average molecular weight is 812 g/mol. The van der Waals surface area contributed by atoms with Crippen LogP contribution in [0.5, 0.6) is 5.88 Å². The standard InChI is InChI=1S/C29H29Cl2N4O3.C10H10N3O2.Mn/c1-38-27-25-18(9-10-24(25)34-12-11-29(16-34)17-35(13-14-36)28(37)33-29)15-23(32-27)21-7-4-6-20(26(21)31)19-5-2-3-8-22(19)30;1-6-4-8-7(5-11-6)9(14)13(3)10(15)12(8)2;/h2-7,15,24,36H,9-14,16-17H2,1H3,(H,33,37);4H,1-3H3;/q2*-1;+2/t24-,29-;;/m0../s1. The van der Waals surface area contributed by atoms with Crippen LogP contribution in [0, 0.1) is 19.2 Å². The van der Waals surface area contributed by atoms with Crippen molar-refractivity contribution in [3.05, 3.63) is 108 Å². The molecule has 2 N–H and O–H groups in total. The number of ether oxygens (including phenoxy) is 1. The molecule has 2 fully saturated rings. The van der Waals surface area contributed by atoms with Gasteiger partial charge in [0.1, 0.15) is 0 Å². The number of aliphatic hydroxyl groups is 1. The van der Waals surface area contributed by atoms with E-state index in [0.717, 1.165) is 70.6 Å². The van der Waals surface area contributed by atoms with Crippen LogP contribution in [-0.4, -0.2) is 85.5 Å². The van der Waals surface area contributed by atoms with Gasteiger partial charge in [-0.2, -0.15) is 24.3 Å². The Kier molecular flexibility index (Phi) is 11.6. The Hall–Kier alpha value is -4.23. The SMILES string of the molecule is COc1nc(-c2cccc(-c3ccc[c-]c3Cl)c2Cl)cc2c1[C@@H](N1CC[C@@]3(CN(CCO)C(=O)N3)C1)CC2.Cc1cc2c([c-]n1)c(=O)n(C)c(=O)n2C.[Mn+2]. The summed E-state index contributed by atoms with van der Waals surface area (Å²) in [7, 11) is 4.73. The van der Waals surface area contributed by atoms with Gasteiger partial charge in [0.05, 0.1) is 24.9 Å². The Balaban J connectivity index is 0.000000261. The summed E-state index contributed by atoms with van der Waals surface area (Å²) < 4.78 is 8.32. The van der Waals surface area contributed by atoms with Crippen molar-refractivity contribution in [1.29, 1.82) is 0 Å². The van der Waals surface area contributed by atoms with E-state index in [1.807, 2.05) is 30.3 Å². The number of aryl methyl sites for hydroxylation is 3. The van der Waals surface area contributed by atoms with Crippen LogP contribution in [0.2, 0.25) is 10.0 Å². The summed E-state index contributed by atoms with van der Waals surface area (Å²) in [6.45, 7) is 4.38. The minimum absolute atomic E-state index is 0. The zero-order valence-corrected chi connectivity index (χ0v) is 32.9. The second-order valence-corrected chi connectivity index (χ2v) is 14.5. The van der Waals surface area contributed by atoms with Gasteiger partial charge in [0.15, 0.2) is 5.56 Å². The Labute approximate surface area is 333 Å². The van der Waals surface area contributed by atoms with Crippen molar-refractivity contribution in [2.75, 3.05) is 39.9 Å². The molecule has 281 valence electrons. The number of hydrogen-bond donors (Lipinski definition) is 2. The molecule has 5 aromatic rings. The predicted molar refractivity (Wildman–Crippen MR) is 203 cm³/mol. The van der Waals surface area contributed by atoms with Gasteiger partial charge in [-0.3, -0.25) is 4.90 Å². The van der Waals surface area contributed by atoms with Crippen molar-refractivity contribution in [3.63, 3.8) is 0 Å². The van der Waals surface area contributed by atoms with E-state index in [-0.39, 0.29) is 52.5 Å². The Morgan fingerprint density at radius 1 is 1.06 bits per heavy atom. The van der Waals surface area contributed by atoms with Gasteiger partial charge in [-0.25, -0.2) is 14.6 Å². The number of nitrogens with zero attached hydrogens (tertiary/aromatic N) is 6. The second kappa shape index (κ2) is 15.9. The van der Waals surface area contributed by atoms with Crippen molar-refractivity contribution in [3.8, 4) is 28.3 Å². The molecule has 8 rings (SSSR count). The van der Waals surface area contributed by atoms with E-state index >= 15 is 0 Å². The van der Waals surface area contributed by atoms with Crippen molar-refractivity contribution >= 4 is 40.1 Å². The van der Waals surface area contributed by atoms with Crippen molar-refractivity contribution in [2.45, 2.75) is 37.8 Å². The number of carbonyl (C=O) groups is 1. The summed E-state index contributed by atoms with van der Waals surface area (Å²) in [5.41, 5.74) is 5.90. The molecule has 3 aromatic heterocycles. The number of fused-ring (bicyclic) bond motifs is 2. The van der Waals surface area contributed by atoms with Crippen LogP contribution in [0.25, 0.3) is 33.3 Å². The molecule has 3 aliphatic rings. The van der Waals surface area contributed by atoms with Gasteiger partial charge in [-0.15, -0.1) is 23.2 Å². The third kappa shape index (κ3) is 7.16. The van der Waals surface area contributed by atoms with E-state index in [1.54, 1.807) is 38.1 Å². The molecule has 2 amide bonds. The number of carbonyl (C=O) groups excluding carboxylic acids is 1. The number of pyridine rings is 2. The molecule has 5 heterocycles. The Morgan fingerprint density at radius 2 is 1.81 bits per heavy atom. The van der Waals surface area contributed by atoms with Crippen LogP contribution in [0.3, 0.4) is 0 Å². The van der Waals surface area contributed by atoms with E-state index in [1.165, 1.54) is 17.2 Å². The third-order valence-corrected chi connectivity index (χ3v) is 11.2. The van der Waals surface area contributed by atoms with Crippen LogP contribution >= 0.6 is 23.2 Å². The van der Waals surface area contributed by atoms with Crippen molar-refractivity contribution < 1.29 is 31.7 Å². The molecular formula is C39H39Cl2MnN7O5. The van der Waals surface area contributed by atoms with E-state index in [9.17, 15) is 19.5 Å². The van der Waals surface area contributed by atoms with Crippen LogP contribution in [-0.2, 0) is 37.6 Å². The summed E-state index contributed by atoms with van der Waals surface area (Å²) in [6, 6.07) is 18.4. The quantitative estimate of drug-likeness (QED) is 0.186. The molecular weight excluding hydrogens is 772 g/mol. The molecule has 2 saturated heterocycles. The van der Waals surface area contributed by atoms with Gasteiger partial charge in [0.2, 0.25) is 5.88 Å². The molecule has 0 bridgehead atoms. The molecule has 12 nitrogen and oxygen atoms in total. The summed E-state index contributed by atoms with van der Waals surface area (Å²) >= 11 is 13.3. The minimum Gasteiger partial charge on any atom is -0.481 e. The summed E-state index contributed by atoms with van der Waals surface area (Å²) in [5.74, 6) is 0.617. The van der Waals surface area contributed by atoms with Crippen molar-refractivity contribution in [1.82, 2.24) is 34.2 Å². The summed E-state index contributed by atoms with van der Waals surface area (Å²) in [4.78, 5) is 48.7. The Morgan fingerprint density at radius 3 is 2.56 bits per heavy atom. The van der Waals surface area contributed by atoms with Gasteiger partial charge < -0.3 is 39.0 Å². The first-order valence-electron chi connectivity index (χ1n) is 17.4. The van der Waals surface area contributed by atoms with E-state index in [4.69, 9.17) is 32.9 Å². The number of β-amino-alcohol motifs (C(OH)–C–C–N with tert-alkyl or cyclic N) is 1. The maximum atomic E-state index is 12.4. The topological polar surface area (TPSA) is 135 Å². The van der Waals surface area contributed by atoms with Crippen LogP contribution in [0.1, 0.15) is 35.7 Å². The molecule has 1 aliphatic carbocycles. The zero-order valence-electron chi connectivity index (χ0n) is 30.3. The normalized spacial score (nSPS) is 19.1. The first-order valence-corrected chi connectivity index (χ1v) is 18.1. The molecule has 2 aromatic carbocycles. The van der Waals surface area contributed by atoms with Gasteiger partial charge in [-0.1, -0.05) is 47.3 Å². The average Bonchev–Trinajstić information content (AvgIpc) is 3.86. The van der Waals surface area contributed by atoms with E-state index in [0.29, 0.717) is 39.9 Å². The van der Waals surface area contributed by atoms with Gasteiger partial charge in [0, 0.05) is 62.5 Å². The number of methoxy groups -OCH3 is 1. The molecule has 2 aliphatic heterocycles. The molecule has 1 radical (unpaired) electrons. The number of urea groups is 1. The molecule has 54 heavy (non-hydrogen) atoms. The summed E-state index contributed by atoms with van der Waals surface area (Å²) in [5, 5.41) is 13.9. The van der Waals surface area contributed by atoms with E-state index in [2.05, 4.69) is 33.5 Å². The van der Waals surface area contributed by atoms with Gasteiger partial charge >= 0.3 is 28.8 Å². The predicted octanol–water partition coefficient (Wildman–Crippen LogP) is 4.72. The number of nitrogens with one attached hydrogen (secondary N) is 1. The number of aromatic nitrogens is 4. The number of amides is 2. The number of rotatable bonds is 6. The molecule has 15 heteroatoms. The number of benzene rings is 2. The number of likely N-dealkylation sites (tertiary alicyclic amines) is 1. The third-order valence-electron chi connectivity index (χ3n) is 10.4. The van der Waals surface area contributed by atoms with Crippen LogP contribution in [0.4, 0.5) is 4.79 Å². The van der Waals surface area contributed by atoms with E-state index < -0.39 is 0 Å². The summed E-state index contributed by atoms with van der Waals surface area (Å²) in [6.07, 6.45) is 5.40. The number of aliphatic hydroxyl groups excluding tert-OH is 1. The van der Waals surface area contributed by atoms with Gasteiger partial charge in [0.25, 0.3) is 0 Å². The maximum absolute atomic E-state index is 12.4. The zero-order chi connectivity index (χ0) is 37.6. The Bertz CT molecular complexity index is 2370. The van der Waals surface area contributed by atoms with Crippen molar-refractivity contribution in [2.24, 2.45) is 14.1 Å². The fraction of sp³-hybridized carbons (Fsp3) is 0.359. The minimum atomic E-state index is -0.361. The second-order valence-electron chi connectivity index (χ2n) is 13.8. The van der Waals surface area contributed by atoms with Crippen LogP contribution < -0.4 is 21.3 Å². The largest absolute Gasteiger partial charge is 2.00 e. The first-order chi connectivity index (χ1) is 25.4. The maximum Gasteiger partial charge on any atom is 2.00 e. The number of halogens is 2. The fourth-order valence-electron chi connectivity index (χ4n) is 7.80. The van der Waals surface area contributed by atoms with Crippen LogP contribution in [0.15, 0.2) is 58.1 Å². The smallest absolute Gasteiger partial charge is 0.481 e. The molecule has 2 atom stereocenters. The molecule has 0 saturated carbocycles. The van der Waals surface area contributed by atoms with Gasteiger partial charge in [-0.05, 0) is 53.7 Å².